The van der Waals surface area contributed by atoms with Crippen molar-refractivity contribution in [2.24, 2.45) is 0 Å². The smallest absolute Gasteiger partial charge is 0.422 e. The number of ether oxygens (including phenoxy) is 2. The molecule has 0 spiro atoms. The Balaban J connectivity index is 2.78. The molecule has 8 heteroatoms. The van der Waals surface area contributed by atoms with Crippen LogP contribution < -0.4 is 14.8 Å². The molecule has 124 valence electrons. The summed E-state index contributed by atoms with van der Waals surface area (Å²) in [4.78, 5) is 10.7. The average molecular weight is 321 g/mol. The summed E-state index contributed by atoms with van der Waals surface area (Å²) in [5.74, 6) is -0.807. The van der Waals surface area contributed by atoms with Gasteiger partial charge in [-0.1, -0.05) is 6.07 Å². The number of carboxylic acids is 1. The Hall–Kier alpha value is -1.96. The third kappa shape index (κ3) is 6.21. The first-order valence-corrected chi connectivity index (χ1v) is 6.64. The molecular weight excluding hydrogens is 303 g/mol. The standard InChI is InChI=1S/C14H18F3NO4/c1-3-21-12-6-10(7-18-9(2)13(19)20)4-5-11(12)22-8-14(15,16)17/h4-6,9,18H,3,7-8H2,1-2H3,(H,19,20). The molecule has 1 aromatic carbocycles. The van der Waals surface area contributed by atoms with Gasteiger partial charge >= 0.3 is 12.1 Å². The minimum Gasteiger partial charge on any atom is -0.490 e. The van der Waals surface area contributed by atoms with Gasteiger partial charge in [-0.3, -0.25) is 4.79 Å². The molecule has 1 aromatic rings. The molecule has 0 aromatic heterocycles. The lowest BCUT2D eigenvalue weighted by atomic mass is 10.2. The van der Waals surface area contributed by atoms with E-state index in [2.05, 4.69) is 5.32 Å². The zero-order valence-corrected chi connectivity index (χ0v) is 12.2. The predicted octanol–water partition coefficient (Wildman–Crippen LogP) is 2.59. The van der Waals surface area contributed by atoms with Crippen molar-refractivity contribution in [2.75, 3.05) is 13.2 Å². The summed E-state index contributed by atoms with van der Waals surface area (Å²) >= 11 is 0. The molecule has 0 aliphatic rings. The van der Waals surface area contributed by atoms with Gasteiger partial charge in [0.15, 0.2) is 18.1 Å². The highest BCUT2D eigenvalue weighted by atomic mass is 19.4. The van der Waals surface area contributed by atoms with Crippen LogP contribution in [0.4, 0.5) is 13.2 Å². The van der Waals surface area contributed by atoms with Gasteiger partial charge in [0.2, 0.25) is 0 Å². The molecule has 0 heterocycles. The predicted molar refractivity (Wildman–Crippen MR) is 73.1 cm³/mol. The van der Waals surface area contributed by atoms with Crippen molar-refractivity contribution in [3.8, 4) is 11.5 Å². The van der Waals surface area contributed by atoms with E-state index in [4.69, 9.17) is 14.6 Å². The topological polar surface area (TPSA) is 67.8 Å². The van der Waals surface area contributed by atoms with Gasteiger partial charge in [-0.15, -0.1) is 0 Å². The normalized spacial score (nSPS) is 12.8. The van der Waals surface area contributed by atoms with Crippen LogP contribution in [0.15, 0.2) is 18.2 Å². The molecule has 1 rings (SSSR count). The van der Waals surface area contributed by atoms with Crippen LogP contribution in [0.1, 0.15) is 19.4 Å². The molecule has 0 aliphatic carbocycles. The molecule has 5 nitrogen and oxygen atoms in total. The molecule has 0 fully saturated rings. The SMILES string of the molecule is CCOc1cc(CNC(C)C(=O)O)ccc1OCC(F)(F)F. The van der Waals surface area contributed by atoms with Crippen molar-refractivity contribution >= 4 is 5.97 Å². The molecule has 0 aliphatic heterocycles. The summed E-state index contributed by atoms with van der Waals surface area (Å²) in [6.07, 6.45) is -4.43. The average Bonchev–Trinajstić information content (AvgIpc) is 2.43. The fraction of sp³-hybridized carbons (Fsp3) is 0.500. The number of carboxylic acid groups (broad SMARTS) is 1. The van der Waals surface area contributed by atoms with E-state index in [1.165, 1.54) is 19.1 Å². The quantitative estimate of drug-likeness (QED) is 0.770. The van der Waals surface area contributed by atoms with E-state index in [9.17, 15) is 18.0 Å². The second kappa shape index (κ2) is 7.88. The van der Waals surface area contributed by atoms with Crippen molar-refractivity contribution in [3.63, 3.8) is 0 Å². The van der Waals surface area contributed by atoms with Crippen molar-refractivity contribution in [2.45, 2.75) is 32.6 Å². The number of rotatable bonds is 8. The summed E-state index contributed by atoms with van der Waals surface area (Å²) in [6.45, 7) is 2.30. The molecule has 0 bridgehead atoms. The minimum absolute atomic E-state index is 0.00536. The maximum Gasteiger partial charge on any atom is 0.422 e. The van der Waals surface area contributed by atoms with Gasteiger partial charge in [-0.2, -0.15) is 13.2 Å². The number of benzene rings is 1. The minimum atomic E-state index is -4.43. The van der Waals surface area contributed by atoms with Gasteiger partial charge in [0, 0.05) is 6.54 Å². The number of alkyl halides is 3. The first kappa shape index (κ1) is 18.1. The maximum absolute atomic E-state index is 12.2. The van der Waals surface area contributed by atoms with E-state index >= 15 is 0 Å². The van der Waals surface area contributed by atoms with Crippen LogP contribution in [0.2, 0.25) is 0 Å². The highest BCUT2D eigenvalue weighted by Crippen LogP contribution is 2.30. The largest absolute Gasteiger partial charge is 0.490 e. The maximum atomic E-state index is 12.2. The van der Waals surface area contributed by atoms with Gasteiger partial charge in [-0.05, 0) is 31.5 Å². The number of nitrogens with one attached hydrogen (secondary N) is 1. The molecule has 1 atom stereocenters. The van der Waals surface area contributed by atoms with E-state index in [0.717, 1.165) is 0 Å². The highest BCUT2D eigenvalue weighted by molar-refractivity contribution is 5.72. The van der Waals surface area contributed by atoms with Crippen molar-refractivity contribution in [1.29, 1.82) is 0 Å². The van der Waals surface area contributed by atoms with E-state index in [-0.39, 0.29) is 24.7 Å². The molecule has 22 heavy (non-hydrogen) atoms. The van der Waals surface area contributed by atoms with E-state index in [1.807, 2.05) is 0 Å². The van der Waals surface area contributed by atoms with E-state index in [1.54, 1.807) is 13.0 Å². The van der Waals surface area contributed by atoms with Crippen LogP contribution in [0.25, 0.3) is 0 Å². The van der Waals surface area contributed by atoms with Gasteiger partial charge < -0.3 is 19.9 Å². The van der Waals surface area contributed by atoms with Crippen LogP contribution in [-0.4, -0.2) is 36.5 Å². The second-order valence-corrected chi connectivity index (χ2v) is 4.56. The Morgan fingerprint density at radius 2 is 2.00 bits per heavy atom. The first-order chi connectivity index (χ1) is 10.2. The number of hydrogen-bond acceptors (Lipinski definition) is 4. The zero-order chi connectivity index (χ0) is 16.8. The third-order valence-electron chi connectivity index (χ3n) is 2.68. The Kier molecular flexibility index (Phi) is 6.48. The first-order valence-electron chi connectivity index (χ1n) is 6.64. The number of carbonyl (C=O) groups is 1. The van der Waals surface area contributed by atoms with Crippen molar-refractivity contribution < 1.29 is 32.5 Å². The molecule has 1 unspecified atom stereocenters. The van der Waals surface area contributed by atoms with Gasteiger partial charge in [0.25, 0.3) is 0 Å². The molecule has 0 radical (unpaired) electrons. The highest BCUT2D eigenvalue weighted by Gasteiger charge is 2.29. The number of aliphatic carboxylic acids is 1. The number of halogens is 3. The molecule has 0 saturated heterocycles. The van der Waals surface area contributed by atoms with Gasteiger partial charge in [-0.25, -0.2) is 0 Å². The van der Waals surface area contributed by atoms with Gasteiger partial charge in [0.05, 0.1) is 6.61 Å². The molecule has 0 amide bonds. The van der Waals surface area contributed by atoms with E-state index < -0.39 is 24.8 Å². The van der Waals surface area contributed by atoms with Crippen LogP contribution in [0, 0.1) is 0 Å². The Morgan fingerprint density at radius 3 is 2.55 bits per heavy atom. The second-order valence-electron chi connectivity index (χ2n) is 4.56. The third-order valence-corrected chi connectivity index (χ3v) is 2.68. The van der Waals surface area contributed by atoms with Crippen molar-refractivity contribution in [1.82, 2.24) is 5.32 Å². The Morgan fingerprint density at radius 1 is 1.32 bits per heavy atom. The fourth-order valence-electron chi connectivity index (χ4n) is 1.57. The molecule has 2 N–H and O–H groups in total. The summed E-state index contributed by atoms with van der Waals surface area (Å²) in [7, 11) is 0. The summed E-state index contributed by atoms with van der Waals surface area (Å²) in [6, 6.07) is 3.71. The molecular formula is C14H18F3NO4. The fourth-order valence-corrected chi connectivity index (χ4v) is 1.57. The monoisotopic (exact) mass is 321 g/mol. The van der Waals surface area contributed by atoms with Crippen LogP contribution >= 0.6 is 0 Å². The Bertz CT molecular complexity index is 505. The summed E-state index contributed by atoms with van der Waals surface area (Å²) < 4.78 is 46.5. The summed E-state index contributed by atoms with van der Waals surface area (Å²) in [5.41, 5.74) is 0.677. The van der Waals surface area contributed by atoms with Crippen LogP contribution in [-0.2, 0) is 11.3 Å². The van der Waals surface area contributed by atoms with Crippen LogP contribution in [0.3, 0.4) is 0 Å². The van der Waals surface area contributed by atoms with Gasteiger partial charge in [0.1, 0.15) is 6.04 Å². The van der Waals surface area contributed by atoms with E-state index in [0.29, 0.717) is 5.56 Å². The lowest BCUT2D eigenvalue weighted by Crippen LogP contribution is -2.33. The lowest BCUT2D eigenvalue weighted by molar-refractivity contribution is -0.153. The molecule has 0 saturated carbocycles. The Labute approximate surface area is 126 Å². The zero-order valence-electron chi connectivity index (χ0n) is 12.2. The van der Waals surface area contributed by atoms with Crippen molar-refractivity contribution in [3.05, 3.63) is 23.8 Å². The van der Waals surface area contributed by atoms with Crippen LogP contribution in [0.5, 0.6) is 11.5 Å². The number of hydrogen-bond donors (Lipinski definition) is 2. The summed E-state index contributed by atoms with van der Waals surface area (Å²) in [5, 5.41) is 11.5. The lowest BCUT2D eigenvalue weighted by Gasteiger charge is -2.15.